The molecule has 1 aromatic rings. The summed E-state index contributed by atoms with van der Waals surface area (Å²) < 4.78 is 0. The number of halogens is 1. The van der Waals surface area contributed by atoms with Crippen LogP contribution in [0.2, 0.25) is 5.02 Å². The number of amides is 1. The summed E-state index contributed by atoms with van der Waals surface area (Å²) in [6.07, 6.45) is 5.71. The molecule has 0 aromatic heterocycles. The van der Waals surface area contributed by atoms with E-state index in [1.54, 1.807) is 18.2 Å². The van der Waals surface area contributed by atoms with E-state index >= 15 is 0 Å². The molecule has 0 heterocycles. The number of benzene rings is 1. The van der Waals surface area contributed by atoms with Crippen LogP contribution in [0.1, 0.15) is 56.3 Å². The molecule has 4 heteroatoms. The molecule has 1 aromatic carbocycles. The van der Waals surface area contributed by atoms with Gasteiger partial charge < -0.3 is 10.6 Å². The summed E-state index contributed by atoms with van der Waals surface area (Å²) in [5.74, 6) is 0.682. The summed E-state index contributed by atoms with van der Waals surface area (Å²) in [5.41, 5.74) is 6.89. The van der Waals surface area contributed by atoms with Crippen LogP contribution in [-0.4, -0.2) is 23.4 Å². The number of nitrogen functional groups attached to an aromatic ring is 1. The van der Waals surface area contributed by atoms with Gasteiger partial charge in [-0.1, -0.05) is 38.3 Å². The molecule has 0 bridgehead atoms. The highest BCUT2D eigenvalue weighted by atomic mass is 35.5. The molecule has 2 rings (SSSR count). The smallest absolute Gasteiger partial charge is 0.254 e. The largest absolute Gasteiger partial charge is 0.398 e. The van der Waals surface area contributed by atoms with Crippen molar-refractivity contribution in [3.05, 3.63) is 28.8 Å². The first kappa shape index (κ1) is 16.2. The van der Waals surface area contributed by atoms with Gasteiger partial charge in [0.15, 0.2) is 0 Å². The summed E-state index contributed by atoms with van der Waals surface area (Å²) in [4.78, 5) is 14.9. The van der Waals surface area contributed by atoms with Crippen molar-refractivity contribution in [3.63, 3.8) is 0 Å². The van der Waals surface area contributed by atoms with E-state index in [2.05, 4.69) is 18.7 Å². The molecular weight excluding hydrogens is 284 g/mol. The molecule has 2 N–H and O–H groups in total. The Bertz CT molecular complexity index is 496. The highest BCUT2D eigenvalue weighted by molar-refractivity contribution is 6.33. The minimum atomic E-state index is 0.0875. The third-order valence-corrected chi connectivity index (χ3v) is 4.55. The molecule has 1 saturated carbocycles. The Hall–Kier alpha value is -1.22. The van der Waals surface area contributed by atoms with E-state index in [4.69, 9.17) is 17.3 Å². The zero-order chi connectivity index (χ0) is 15.4. The molecule has 0 unspecified atom stereocenters. The van der Waals surface area contributed by atoms with E-state index in [0.29, 0.717) is 28.2 Å². The van der Waals surface area contributed by atoms with Crippen LogP contribution in [0.4, 0.5) is 5.69 Å². The second-order valence-corrected chi connectivity index (χ2v) is 6.76. The highest BCUT2D eigenvalue weighted by Gasteiger charge is 2.27. The number of anilines is 1. The van der Waals surface area contributed by atoms with E-state index in [1.165, 1.54) is 12.8 Å². The fourth-order valence-corrected chi connectivity index (χ4v) is 3.07. The van der Waals surface area contributed by atoms with Crippen LogP contribution >= 0.6 is 11.6 Å². The average molecular weight is 309 g/mol. The zero-order valence-electron chi connectivity index (χ0n) is 12.9. The number of nitrogens with two attached hydrogens (primary N) is 1. The van der Waals surface area contributed by atoms with E-state index in [1.807, 2.05) is 0 Å². The van der Waals surface area contributed by atoms with Crippen LogP contribution in [0.5, 0.6) is 0 Å². The third kappa shape index (κ3) is 4.13. The monoisotopic (exact) mass is 308 g/mol. The number of carbonyl (C=O) groups excluding carboxylic acids is 1. The van der Waals surface area contributed by atoms with Gasteiger partial charge in [-0.25, -0.2) is 0 Å². The van der Waals surface area contributed by atoms with Crippen molar-refractivity contribution in [2.45, 2.75) is 52.0 Å². The summed E-state index contributed by atoms with van der Waals surface area (Å²) >= 11 is 6.05. The third-order valence-electron chi connectivity index (χ3n) is 4.22. The number of hydrogen-bond acceptors (Lipinski definition) is 2. The molecule has 21 heavy (non-hydrogen) atoms. The Morgan fingerprint density at radius 2 is 2.05 bits per heavy atom. The summed E-state index contributed by atoms with van der Waals surface area (Å²) in [5, 5.41) is 0.455. The van der Waals surface area contributed by atoms with Crippen molar-refractivity contribution in [3.8, 4) is 0 Å². The van der Waals surface area contributed by atoms with Crippen LogP contribution < -0.4 is 5.73 Å². The molecule has 0 spiro atoms. The normalized spacial score (nSPS) is 15.6. The lowest BCUT2D eigenvalue weighted by Gasteiger charge is -2.30. The molecule has 0 atom stereocenters. The van der Waals surface area contributed by atoms with Crippen LogP contribution in [0.3, 0.4) is 0 Å². The average Bonchev–Trinajstić information content (AvgIpc) is 2.95. The lowest BCUT2D eigenvalue weighted by molar-refractivity contribution is 0.0672. The number of hydrogen-bond donors (Lipinski definition) is 1. The zero-order valence-corrected chi connectivity index (χ0v) is 13.7. The van der Waals surface area contributed by atoms with Gasteiger partial charge in [-0.2, -0.15) is 0 Å². The van der Waals surface area contributed by atoms with Gasteiger partial charge in [-0.15, -0.1) is 0 Å². The maximum Gasteiger partial charge on any atom is 0.254 e. The van der Waals surface area contributed by atoms with Crippen LogP contribution in [0.15, 0.2) is 18.2 Å². The summed E-state index contributed by atoms with van der Waals surface area (Å²) in [6, 6.07) is 5.56. The van der Waals surface area contributed by atoms with Gasteiger partial charge in [0.1, 0.15) is 0 Å². The first-order chi connectivity index (χ1) is 9.99. The van der Waals surface area contributed by atoms with Gasteiger partial charge in [0.05, 0.1) is 10.7 Å². The van der Waals surface area contributed by atoms with Crippen molar-refractivity contribution in [1.29, 1.82) is 0 Å². The Morgan fingerprint density at radius 1 is 1.38 bits per heavy atom. The first-order valence-corrected chi connectivity index (χ1v) is 8.23. The number of rotatable bonds is 5. The Balaban J connectivity index is 2.17. The van der Waals surface area contributed by atoms with E-state index in [-0.39, 0.29) is 5.91 Å². The molecule has 116 valence electrons. The highest BCUT2D eigenvalue weighted by Crippen LogP contribution is 2.27. The van der Waals surface area contributed by atoms with Crippen molar-refractivity contribution < 1.29 is 4.79 Å². The summed E-state index contributed by atoms with van der Waals surface area (Å²) in [7, 11) is 0. The van der Waals surface area contributed by atoms with Crippen molar-refractivity contribution >= 4 is 23.2 Å². The molecule has 0 saturated heterocycles. The van der Waals surface area contributed by atoms with Crippen LogP contribution in [0.25, 0.3) is 0 Å². The Kier molecular flexibility index (Phi) is 5.51. The molecule has 0 aliphatic heterocycles. The van der Waals surface area contributed by atoms with Gasteiger partial charge in [-0.3, -0.25) is 4.79 Å². The molecule has 1 aliphatic rings. The lowest BCUT2D eigenvalue weighted by atomic mass is 10.1. The SMILES string of the molecule is CC(C)CCN(C(=O)c1ccc(N)c(Cl)c1)C1CCCC1. The Morgan fingerprint density at radius 3 is 2.62 bits per heavy atom. The van der Waals surface area contributed by atoms with Gasteiger partial charge in [0.25, 0.3) is 5.91 Å². The summed E-state index contributed by atoms with van der Waals surface area (Å²) in [6.45, 7) is 5.21. The van der Waals surface area contributed by atoms with Crippen molar-refractivity contribution in [1.82, 2.24) is 4.90 Å². The minimum absolute atomic E-state index is 0.0875. The molecule has 3 nitrogen and oxygen atoms in total. The first-order valence-electron chi connectivity index (χ1n) is 7.85. The molecule has 1 aliphatic carbocycles. The van der Waals surface area contributed by atoms with E-state index in [0.717, 1.165) is 25.8 Å². The molecule has 1 amide bonds. The topological polar surface area (TPSA) is 46.3 Å². The van der Waals surface area contributed by atoms with Gasteiger partial charge in [0.2, 0.25) is 0 Å². The molecular formula is C17H25ClN2O. The standard InChI is InChI=1S/C17H25ClN2O/c1-12(2)9-10-20(14-5-3-4-6-14)17(21)13-7-8-16(19)15(18)11-13/h7-8,11-12,14H,3-6,9-10,19H2,1-2H3. The maximum atomic E-state index is 12.8. The van der Waals surface area contributed by atoms with Crippen LogP contribution in [0, 0.1) is 5.92 Å². The predicted molar refractivity (Wildman–Crippen MR) is 88.6 cm³/mol. The predicted octanol–water partition coefficient (Wildman–Crippen LogP) is 4.35. The Labute approximate surface area is 132 Å². The van der Waals surface area contributed by atoms with Gasteiger partial charge in [-0.05, 0) is 43.4 Å². The fourth-order valence-electron chi connectivity index (χ4n) is 2.89. The van der Waals surface area contributed by atoms with Crippen molar-refractivity contribution in [2.24, 2.45) is 5.92 Å². The van der Waals surface area contributed by atoms with E-state index < -0.39 is 0 Å². The number of nitrogens with zero attached hydrogens (tertiary/aromatic N) is 1. The quantitative estimate of drug-likeness (QED) is 0.822. The second kappa shape index (κ2) is 7.17. The molecule has 0 radical (unpaired) electrons. The second-order valence-electron chi connectivity index (χ2n) is 6.36. The van der Waals surface area contributed by atoms with E-state index in [9.17, 15) is 4.79 Å². The van der Waals surface area contributed by atoms with Crippen molar-refractivity contribution in [2.75, 3.05) is 12.3 Å². The fraction of sp³-hybridized carbons (Fsp3) is 0.588. The number of carbonyl (C=O) groups is 1. The van der Waals surface area contributed by atoms with Crippen LogP contribution in [-0.2, 0) is 0 Å². The van der Waals surface area contributed by atoms with Gasteiger partial charge in [0, 0.05) is 18.2 Å². The molecule has 1 fully saturated rings. The minimum Gasteiger partial charge on any atom is -0.398 e. The lowest BCUT2D eigenvalue weighted by Crippen LogP contribution is -2.40. The van der Waals surface area contributed by atoms with Gasteiger partial charge >= 0.3 is 0 Å². The maximum absolute atomic E-state index is 12.8.